The first kappa shape index (κ1) is 15.6. The molecule has 4 rings (SSSR count). The van der Waals surface area contributed by atoms with Crippen molar-refractivity contribution in [2.45, 2.75) is 6.92 Å². The highest BCUT2D eigenvalue weighted by Gasteiger charge is 2.14. The lowest BCUT2D eigenvalue weighted by Gasteiger charge is -2.02. The molecule has 3 heteroatoms. The highest BCUT2D eigenvalue weighted by atomic mass is 32.1. The fourth-order valence-corrected chi connectivity index (χ4v) is 3.72. The quantitative estimate of drug-likeness (QED) is 0.456. The van der Waals surface area contributed by atoms with Crippen LogP contribution in [0.5, 0.6) is 0 Å². The molecule has 0 atom stereocenters. The van der Waals surface area contributed by atoms with E-state index in [1.54, 1.807) is 11.3 Å². The monoisotopic (exact) mass is 342 g/mol. The number of aryl methyl sites for hydroxylation is 1. The molecule has 0 aliphatic heterocycles. The summed E-state index contributed by atoms with van der Waals surface area (Å²) < 4.78 is 0. The van der Waals surface area contributed by atoms with Gasteiger partial charge in [0, 0.05) is 11.3 Å². The lowest BCUT2D eigenvalue weighted by molar-refractivity contribution is 1.37. The molecule has 3 aromatic carbocycles. The molecule has 1 aromatic heterocycles. The van der Waals surface area contributed by atoms with Crippen molar-refractivity contribution in [2.24, 2.45) is 0 Å². The molecule has 1 heterocycles. The third-order valence-electron chi connectivity index (χ3n) is 4.01. The number of nitrogens with zero attached hydrogens (tertiary/aromatic N) is 1. The SMILES string of the molecule is Cc1ccc(Nc2nc(-c3ccccc3)c(-c3ccccc3)s2)cc1. The largest absolute Gasteiger partial charge is 0.332 e. The van der Waals surface area contributed by atoms with Gasteiger partial charge in [0.2, 0.25) is 0 Å². The minimum Gasteiger partial charge on any atom is -0.332 e. The first-order valence-electron chi connectivity index (χ1n) is 8.25. The third kappa shape index (κ3) is 3.47. The molecule has 4 aromatic rings. The van der Waals surface area contributed by atoms with Crippen LogP contribution in [0.3, 0.4) is 0 Å². The number of rotatable bonds is 4. The van der Waals surface area contributed by atoms with E-state index in [0.717, 1.165) is 22.1 Å². The first-order chi connectivity index (χ1) is 12.3. The molecule has 0 fully saturated rings. The van der Waals surface area contributed by atoms with Gasteiger partial charge in [0.1, 0.15) is 0 Å². The zero-order valence-corrected chi connectivity index (χ0v) is 14.8. The van der Waals surface area contributed by atoms with Crippen molar-refractivity contribution in [1.82, 2.24) is 4.98 Å². The summed E-state index contributed by atoms with van der Waals surface area (Å²) in [6.45, 7) is 2.09. The minimum atomic E-state index is 0.904. The molecule has 0 spiro atoms. The minimum absolute atomic E-state index is 0.904. The second-order valence-electron chi connectivity index (χ2n) is 5.92. The van der Waals surface area contributed by atoms with E-state index >= 15 is 0 Å². The summed E-state index contributed by atoms with van der Waals surface area (Å²) in [5, 5.41) is 4.34. The van der Waals surface area contributed by atoms with Crippen LogP contribution < -0.4 is 5.32 Å². The Balaban J connectivity index is 1.77. The Kier molecular flexibility index (Phi) is 4.32. The maximum Gasteiger partial charge on any atom is 0.188 e. The maximum absolute atomic E-state index is 4.88. The number of hydrogen-bond donors (Lipinski definition) is 1. The lowest BCUT2D eigenvalue weighted by Crippen LogP contribution is -1.89. The number of anilines is 2. The van der Waals surface area contributed by atoms with Crippen LogP contribution in [0.25, 0.3) is 21.7 Å². The van der Waals surface area contributed by atoms with Crippen molar-refractivity contribution >= 4 is 22.2 Å². The van der Waals surface area contributed by atoms with Gasteiger partial charge in [-0.1, -0.05) is 89.7 Å². The van der Waals surface area contributed by atoms with E-state index in [9.17, 15) is 0 Å². The van der Waals surface area contributed by atoms with Crippen molar-refractivity contribution in [3.63, 3.8) is 0 Å². The standard InChI is InChI=1S/C22H18N2S/c1-16-12-14-19(15-13-16)23-22-24-20(17-8-4-2-5-9-17)21(25-22)18-10-6-3-7-11-18/h2-15H,1H3,(H,23,24). The van der Waals surface area contributed by atoms with Crippen LogP contribution in [0.2, 0.25) is 0 Å². The van der Waals surface area contributed by atoms with E-state index in [4.69, 9.17) is 4.98 Å². The van der Waals surface area contributed by atoms with Crippen LogP contribution in [0, 0.1) is 6.92 Å². The number of aromatic nitrogens is 1. The number of nitrogens with one attached hydrogen (secondary N) is 1. The zero-order valence-electron chi connectivity index (χ0n) is 13.9. The van der Waals surface area contributed by atoms with Gasteiger partial charge in [-0.2, -0.15) is 0 Å². The van der Waals surface area contributed by atoms with Crippen molar-refractivity contribution in [3.05, 3.63) is 90.5 Å². The summed E-state index contributed by atoms with van der Waals surface area (Å²) in [6.07, 6.45) is 0. The second kappa shape index (κ2) is 6.91. The van der Waals surface area contributed by atoms with Crippen LogP contribution in [-0.2, 0) is 0 Å². The molecule has 122 valence electrons. The van der Waals surface area contributed by atoms with Crippen LogP contribution in [0.4, 0.5) is 10.8 Å². The average molecular weight is 342 g/mol. The molecule has 0 aliphatic carbocycles. The van der Waals surface area contributed by atoms with E-state index in [0.29, 0.717) is 0 Å². The van der Waals surface area contributed by atoms with Gasteiger partial charge in [0.25, 0.3) is 0 Å². The van der Waals surface area contributed by atoms with Crippen LogP contribution in [0.1, 0.15) is 5.56 Å². The fourth-order valence-electron chi connectivity index (χ4n) is 2.71. The molecule has 0 radical (unpaired) electrons. The van der Waals surface area contributed by atoms with Crippen molar-refractivity contribution < 1.29 is 0 Å². The van der Waals surface area contributed by atoms with Gasteiger partial charge in [-0.25, -0.2) is 4.98 Å². The number of hydrogen-bond acceptors (Lipinski definition) is 3. The van der Waals surface area contributed by atoms with Gasteiger partial charge >= 0.3 is 0 Å². The number of thiazole rings is 1. The molecule has 0 saturated carbocycles. The van der Waals surface area contributed by atoms with E-state index in [-0.39, 0.29) is 0 Å². The molecule has 25 heavy (non-hydrogen) atoms. The maximum atomic E-state index is 4.88. The first-order valence-corrected chi connectivity index (χ1v) is 9.06. The molecule has 0 saturated heterocycles. The average Bonchev–Trinajstić information content (AvgIpc) is 3.09. The van der Waals surface area contributed by atoms with Crippen molar-refractivity contribution in [2.75, 3.05) is 5.32 Å². The summed E-state index contributed by atoms with van der Waals surface area (Å²) in [5.41, 5.74) is 5.65. The predicted molar refractivity (Wildman–Crippen MR) is 107 cm³/mol. The summed E-state index contributed by atoms with van der Waals surface area (Å²) in [7, 11) is 0. The Morgan fingerprint density at radius 2 is 1.32 bits per heavy atom. The molecule has 0 unspecified atom stereocenters. The Morgan fingerprint density at radius 1 is 0.720 bits per heavy atom. The van der Waals surface area contributed by atoms with Crippen LogP contribution >= 0.6 is 11.3 Å². The van der Waals surface area contributed by atoms with Crippen LogP contribution in [0.15, 0.2) is 84.9 Å². The Morgan fingerprint density at radius 3 is 1.96 bits per heavy atom. The van der Waals surface area contributed by atoms with Gasteiger partial charge in [0.15, 0.2) is 5.13 Å². The smallest absolute Gasteiger partial charge is 0.188 e. The van der Waals surface area contributed by atoms with Gasteiger partial charge < -0.3 is 5.32 Å². The molecular formula is C22H18N2S. The Labute approximate surface area is 151 Å². The molecular weight excluding hydrogens is 324 g/mol. The van der Waals surface area contributed by atoms with E-state index < -0.39 is 0 Å². The van der Waals surface area contributed by atoms with Gasteiger partial charge in [-0.05, 0) is 24.6 Å². The lowest BCUT2D eigenvalue weighted by atomic mass is 10.1. The van der Waals surface area contributed by atoms with E-state index in [1.165, 1.54) is 16.0 Å². The zero-order chi connectivity index (χ0) is 17.1. The highest BCUT2D eigenvalue weighted by molar-refractivity contribution is 7.19. The van der Waals surface area contributed by atoms with Crippen molar-refractivity contribution in [3.8, 4) is 21.7 Å². The van der Waals surface area contributed by atoms with Crippen molar-refractivity contribution in [1.29, 1.82) is 0 Å². The van der Waals surface area contributed by atoms with E-state index in [2.05, 4.69) is 85.0 Å². The van der Waals surface area contributed by atoms with Gasteiger partial charge in [-0.15, -0.1) is 0 Å². The van der Waals surface area contributed by atoms with Gasteiger partial charge in [-0.3, -0.25) is 0 Å². The normalized spacial score (nSPS) is 10.6. The Bertz CT molecular complexity index is 901. The second-order valence-corrected chi connectivity index (χ2v) is 6.92. The van der Waals surface area contributed by atoms with E-state index in [1.807, 2.05) is 12.1 Å². The molecule has 0 aliphatic rings. The molecule has 0 bridgehead atoms. The number of benzene rings is 3. The summed E-state index contributed by atoms with van der Waals surface area (Å²) in [4.78, 5) is 6.06. The molecule has 2 nitrogen and oxygen atoms in total. The summed E-state index contributed by atoms with van der Waals surface area (Å²) in [6, 6.07) is 29.2. The summed E-state index contributed by atoms with van der Waals surface area (Å²) in [5.74, 6) is 0. The summed E-state index contributed by atoms with van der Waals surface area (Å²) >= 11 is 1.68. The predicted octanol–water partition coefficient (Wildman–Crippen LogP) is 6.53. The highest BCUT2D eigenvalue weighted by Crippen LogP contribution is 2.39. The van der Waals surface area contributed by atoms with Crippen LogP contribution in [-0.4, -0.2) is 4.98 Å². The Hall–Kier alpha value is -2.91. The topological polar surface area (TPSA) is 24.9 Å². The fraction of sp³-hybridized carbons (Fsp3) is 0.0455. The molecule has 1 N–H and O–H groups in total. The third-order valence-corrected chi connectivity index (χ3v) is 5.03. The molecule has 0 amide bonds. The van der Waals surface area contributed by atoms with Gasteiger partial charge in [0.05, 0.1) is 10.6 Å².